The highest BCUT2D eigenvalue weighted by Gasteiger charge is 2.29. The molecule has 0 saturated heterocycles. The average Bonchev–Trinajstić information content (AvgIpc) is 2.10. The molecule has 0 aromatic rings. The quantitative estimate of drug-likeness (QED) is 0.520. The number of aliphatic imine (C=N–C) groups is 2. The minimum Gasteiger partial charge on any atom is -0.481 e. The van der Waals surface area contributed by atoms with E-state index in [1.54, 1.807) is 0 Å². The van der Waals surface area contributed by atoms with E-state index in [9.17, 15) is 4.39 Å². The van der Waals surface area contributed by atoms with Crippen LogP contribution in [0.2, 0.25) is 0 Å². The molecule has 0 radical (unpaired) electrons. The lowest BCUT2D eigenvalue weighted by molar-refractivity contribution is 0.292. The van der Waals surface area contributed by atoms with Crippen molar-refractivity contribution in [3.63, 3.8) is 0 Å². The van der Waals surface area contributed by atoms with Crippen LogP contribution < -0.4 is 0 Å². The van der Waals surface area contributed by atoms with Crippen LogP contribution in [-0.2, 0) is 4.74 Å². The highest BCUT2D eigenvalue weighted by atomic mass is 19.1. The summed E-state index contributed by atoms with van der Waals surface area (Å²) >= 11 is 0. The maximum absolute atomic E-state index is 13.4. The Labute approximate surface area is 64.3 Å². The number of ether oxygens (including phenoxy) is 1. The van der Waals surface area contributed by atoms with Crippen molar-refractivity contribution in [2.45, 2.75) is 12.6 Å². The first kappa shape index (κ1) is 7.91. The molecule has 0 aromatic heterocycles. The topological polar surface area (TPSA) is 34.0 Å². The molecule has 0 fully saturated rings. The monoisotopic (exact) mass is 156 g/mol. The van der Waals surface area contributed by atoms with E-state index in [1.807, 2.05) is 0 Å². The highest BCUT2D eigenvalue weighted by molar-refractivity contribution is 6.02. The van der Waals surface area contributed by atoms with E-state index in [1.165, 1.54) is 26.4 Å². The van der Waals surface area contributed by atoms with E-state index in [-0.39, 0.29) is 5.90 Å². The predicted molar refractivity (Wildman–Crippen MR) is 41.6 cm³/mol. The van der Waals surface area contributed by atoms with Crippen molar-refractivity contribution in [2.24, 2.45) is 9.98 Å². The van der Waals surface area contributed by atoms with Crippen LogP contribution >= 0.6 is 0 Å². The van der Waals surface area contributed by atoms with Crippen LogP contribution in [0.3, 0.4) is 0 Å². The first-order chi connectivity index (χ1) is 5.17. The Bertz CT molecular complexity index is 231. The number of rotatable bonds is 0. The van der Waals surface area contributed by atoms with Gasteiger partial charge >= 0.3 is 0 Å². The van der Waals surface area contributed by atoms with Crippen molar-refractivity contribution in [1.29, 1.82) is 0 Å². The molecule has 1 unspecified atom stereocenters. The number of halogens is 1. The molecule has 0 N–H and O–H groups in total. The third-order valence-electron chi connectivity index (χ3n) is 1.27. The zero-order valence-electron chi connectivity index (χ0n) is 6.41. The summed E-state index contributed by atoms with van der Waals surface area (Å²) in [6.07, 6.45) is 3.95. The zero-order chi connectivity index (χ0) is 8.32. The molecular weight excluding hydrogens is 147 g/mol. The smallest absolute Gasteiger partial charge is 0.232 e. The van der Waals surface area contributed by atoms with Crippen LogP contribution in [0, 0.1) is 0 Å². The Balaban J connectivity index is 2.95. The van der Waals surface area contributed by atoms with Crippen LogP contribution in [-0.4, -0.2) is 24.9 Å². The van der Waals surface area contributed by atoms with Crippen molar-refractivity contribution in [2.75, 3.05) is 7.11 Å². The van der Waals surface area contributed by atoms with Gasteiger partial charge in [0.25, 0.3) is 0 Å². The second-order valence-corrected chi connectivity index (χ2v) is 2.29. The molecule has 4 heteroatoms. The molecule has 1 aliphatic rings. The number of alkyl halides is 1. The largest absolute Gasteiger partial charge is 0.481 e. The number of methoxy groups -OCH3 is 1. The number of hydrogen-bond acceptors (Lipinski definition) is 3. The van der Waals surface area contributed by atoms with Crippen molar-refractivity contribution in [1.82, 2.24) is 0 Å². The van der Waals surface area contributed by atoms with Crippen LogP contribution in [0.1, 0.15) is 6.92 Å². The lowest BCUT2D eigenvalue weighted by atomic mass is 10.1. The van der Waals surface area contributed by atoms with Gasteiger partial charge in [0.15, 0.2) is 0 Å². The van der Waals surface area contributed by atoms with Gasteiger partial charge in [0.1, 0.15) is 0 Å². The van der Waals surface area contributed by atoms with E-state index >= 15 is 0 Å². The maximum atomic E-state index is 13.4. The molecule has 60 valence electrons. The summed E-state index contributed by atoms with van der Waals surface area (Å²) in [5.74, 6) is 0.0231. The minimum atomic E-state index is -1.70. The molecule has 0 spiro atoms. The molecular formula is C7H9FN2O. The molecule has 3 nitrogen and oxygen atoms in total. The molecule has 1 atom stereocenters. The van der Waals surface area contributed by atoms with E-state index in [0.29, 0.717) is 0 Å². The molecule has 0 amide bonds. The molecule has 0 aromatic carbocycles. The van der Waals surface area contributed by atoms with Crippen molar-refractivity contribution >= 4 is 12.1 Å². The van der Waals surface area contributed by atoms with Gasteiger partial charge in [-0.05, 0) is 6.92 Å². The number of hydrogen-bond donors (Lipinski definition) is 0. The van der Waals surface area contributed by atoms with E-state index in [4.69, 9.17) is 4.74 Å². The third kappa shape index (κ3) is 1.63. The fourth-order valence-corrected chi connectivity index (χ4v) is 0.756. The Kier molecular flexibility index (Phi) is 2.03. The summed E-state index contributed by atoms with van der Waals surface area (Å²) < 4.78 is 18.1. The summed E-state index contributed by atoms with van der Waals surface area (Å²) in [4.78, 5) is 7.36. The molecule has 0 aliphatic carbocycles. The average molecular weight is 156 g/mol. The fraction of sp³-hybridized carbons (Fsp3) is 0.429. The standard InChI is InChI=1S/C7H9FN2O/c1-7(8)5-9-3-4-10-6(7)11-2/h3-5H,1-2H3. The van der Waals surface area contributed by atoms with Gasteiger partial charge in [0.2, 0.25) is 11.6 Å². The molecule has 1 aliphatic heterocycles. The Hall–Kier alpha value is -1.19. The van der Waals surface area contributed by atoms with Crippen molar-refractivity contribution < 1.29 is 9.13 Å². The lowest BCUT2D eigenvalue weighted by Crippen LogP contribution is -2.32. The van der Waals surface area contributed by atoms with Gasteiger partial charge < -0.3 is 4.74 Å². The minimum absolute atomic E-state index is 0.0231. The van der Waals surface area contributed by atoms with Gasteiger partial charge in [0, 0.05) is 12.4 Å². The van der Waals surface area contributed by atoms with E-state index < -0.39 is 5.67 Å². The molecule has 1 rings (SSSR count). The summed E-state index contributed by atoms with van der Waals surface area (Å²) in [6, 6.07) is 0. The van der Waals surface area contributed by atoms with Crippen LogP contribution in [0.5, 0.6) is 0 Å². The fourth-order valence-electron chi connectivity index (χ4n) is 0.756. The SMILES string of the molecule is COC1=NC=CN=CC1(C)F. The molecule has 11 heavy (non-hydrogen) atoms. The van der Waals surface area contributed by atoms with Crippen LogP contribution in [0.4, 0.5) is 4.39 Å². The van der Waals surface area contributed by atoms with Gasteiger partial charge in [-0.1, -0.05) is 0 Å². The predicted octanol–water partition coefficient (Wildman–Crippen LogP) is 1.32. The number of nitrogens with zero attached hydrogens (tertiary/aromatic N) is 2. The van der Waals surface area contributed by atoms with Crippen molar-refractivity contribution in [3.05, 3.63) is 12.4 Å². The zero-order valence-corrected chi connectivity index (χ0v) is 6.41. The third-order valence-corrected chi connectivity index (χ3v) is 1.27. The normalized spacial score (nSPS) is 29.5. The molecule has 0 saturated carbocycles. The van der Waals surface area contributed by atoms with E-state index in [0.717, 1.165) is 6.21 Å². The van der Waals surface area contributed by atoms with Gasteiger partial charge in [-0.3, -0.25) is 4.99 Å². The second-order valence-electron chi connectivity index (χ2n) is 2.29. The van der Waals surface area contributed by atoms with Gasteiger partial charge in [0.05, 0.1) is 13.3 Å². The summed E-state index contributed by atoms with van der Waals surface area (Å²) in [6.45, 7) is 1.34. The summed E-state index contributed by atoms with van der Waals surface area (Å²) in [5.41, 5.74) is -1.70. The molecule has 0 bridgehead atoms. The first-order valence-corrected chi connectivity index (χ1v) is 3.17. The van der Waals surface area contributed by atoms with Gasteiger partial charge in [-0.15, -0.1) is 0 Å². The second kappa shape index (κ2) is 2.82. The van der Waals surface area contributed by atoms with Crippen LogP contribution in [0.25, 0.3) is 0 Å². The van der Waals surface area contributed by atoms with Gasteiger partial charge in [-0.25, -0.2) is 9.38 Å². The maximum Gasteiger partial charge on any atom is 0.232 e. The summed E-state index contributed by atoms with van der Waals surface area (Å²) in [7, 11) is 1.38. The Morgan fingerprint density at radius 1 is 1.55 bits per heavy atom. The lowest BCUT2D eigenvalue weighted by Gasteiger charge is -2.14. The van der Waals surface area contributed by atoms with Crippen LogP contribution in [0.15, 0.2) is 22.4 Å². The Morgan fingerprint density at radius 2 is 2.27 bits per heavy atom. The van der Waals surface area contributed by atoms with E-state index in [2.05, 4.69) is 9.98 Å². The van der Waals surface area contributed by atoms with Gasteiger partial charge in [-0.2, -0.15) is 0 Å². The first-order valence-electron chi connectivity index (χ1n) is 3.17. The summed E-state index contributed by atoms with van der Waals surface area (Å²) in [5, 5.41) is 0. The van der Waals surface area contributed by atoms with Crippen molar-refractivity contribution in [3.8, 4) is 0 Å². The molecule has 1 heterocycles. The Morgan fingerprint density at radius 3 is 2.91 bits per heavy atom. The highest BCUT2D eigenvalue weighted by Crippen LogP contribution is 2.12.